The van der Waals surface area contributed by atoms with Gasteiger partial charge in [0.05, 0.1) is 18.8 Å². The SMILES string of the molecule is COc1ccc(NC(C)=O)cc1S(=O)(=O)N1c2ccc(C)cc2C2CN(C)CCC21. The summed E-state index contributed by atoms with van der Waals surface area (Å²) < 4.78 is 34.9. The molecule has 0 radical (unpaired) electrons. The third-order valence-electron chi connectivity index (χ3n) is 5.92. The third-order valence-corrected chi connectivity index (χ3v) is 7.78. The fraction of sp³-hybridized carbons (Fsp3) is 0.409. The van der Waals surface area contributed by atoms with E-state index in [1.807, 2.05) is 19.1 Å². The molecule has 4 rings (SSSR count). The molecular formula is C22H27N3O4S. The van der Waals surface area contributed by atoms with E-state index in [9.17, 15) is 13.2 Å². The molecule has 0 saturated carbocycles. The fourth-order valence-corrected chi connectivity index (χ4v) is 6.54. The molecular weight excluding hydrogens is 402 g/mol. The summed E-state index contributed by atoms with van der Waals surface area (Å²) in [4.78, 5) is 13.8. The number of carbonyl (C=O) groups is 1. The lowest BCUT2D eigenvalue weighted by molar-refractivity contribution is -0.114. The molecule has 2 aromatic rings. The molecule has 1 fully saturated rings. The van der Waals surface area contributed by atoms with Gasteiger partial charge >= 0.3 is 0 Å². The van der Waals surface area contributed by atoms with Crippen molar-refractivity contribution < 1.29 is 17.9 Å². The van der Waals surface area contributed by atoms with Gasteiger partial charge in [0.15, 0.2) is 0 Å². The van der Waals surface area contributed by atoms with Crippen molar-refractivity contribution in [3.05, 3.63) is 47.5 Å². The van der Waals surface area contributed by atoms with E-state index in [-0.39, 0.29) is 28.5 Å². The monoisotopic (exact) mass is 429 g/mol. The standard InChI is InChI=1S/C22H27N3O4S/c1-14-5-7-19-17(11-14)18-13-24(3)10-9-20(18)25(19)30(27,28)22-12-16(23-15(2)26)6-8-21(22)29-4/h5-8,11-12,18,20H,9-10,13H2,1-4H3,(H,23,26). The first-order valence-corrected chi connectivity index (χ1v) is 11.5. The van der Waals surface area contributed by atoms with Gasteiger partial charge in [-0.25, -0.2) is 8.42 Å². The van der Waals surface area contributed by atoms with Crippen LogP contribution in [0.4, 0.5) is 11.4 Å². The molecule has 0 aromatic heterocycles. The third kappa shape index (κ3) is 3.44. The van der Waals surface area contributed by atoms with Crippen LogP contribution in [0.25, 0.3) is 0 Å². The molecule has 1 N–H and O–H groups in total. The molecule has 2 aliphatic heterocycles. The Morgan fingerprint density at radius 3 is 2.67 bits per heavy atom. The minimum atomic E-state index is -3.92. The second kappa shape index (κ2) is 7.59. The summed E-state index contributed by atoms with van der Waals surface area (Å²) in [5, 5.41) is 2.66. The number of rotatable bonds is 4. The highest BCUT2D eigenvalue weighted by atomic mass is 32.2. The van der Waals surface area contributed by atoms with Gasteiger partial charge in [0, 0.05) is 25.1 Å². The van der Waals surface area contributed by atoms with Crippen molar-refractivity contribution in [1.29, 1.82) is 0 Å². The molecule has 2 aliphatic rings. The zero-order chi connectivity index (χ0) is 21.6. The Hall–Kier alpha value is -2.58. The van der Waals surface area contributed by atoms with Gasteiger partial charge in [-0.1, -0.05) is 17.7 Å². The zero-order valence-electron chi connectivity index (χ0n) is 17.7. The Morgan fingerprint density at radius 2 is 1.97 bits per heavy atom. The molecule has 0 aliphatic carbocycles. The maximum Gasteiger partial charge on any atom is 0.268 e. The Bertz CT molecular complexity index is 1100. The fourth-order valence-electron chi connectivity index (χ4n) is 4.61. The molecule has 30 heavy (non-hydrogen) atoms. The Labute approximate surface area is 177 Å². The Morgan fingerprint density at radius 1 is 1.20 bits per heavy atom. The predicted octanol–water partition coefficient (Wildman–Crippen LogP) is 2.96. The first-order valence-electron chi connectivity index (χ1n) is 10.0. The quantitative estimate of drug-likeness (QED) is 0.808. The number of sulfonamides is 1. The van der Waals surface area contributed by atoms with Crippen molar-refractivity contribution in [3.8, 4) is 5.75 Å². The van der Waals surface area contributed by atoms with Crippen molar-refractivity contribution in [2.24, 2.45) is 0 Å². The number of likely N-dealkylation sites (N-methyl/N-ethyl adjacent to an activating group) is 1. The van der Waals surface area contributed by atoms with Crippen LogP contribution in [0, 0.1) is 6.92 Å². The number of carbonyl (C=O) groups excluding carboxylic acids is 1. The number of anilines is 2. The highest BCUT2D eigenvalue weighted by Gasteiger charge is 2.47. The number of nitrogens with one attached hydrogen (secondary N) is 1. The van der Waals surface area contributed by atoms with Crippen LogP contribution in [-0.2, 0) is 14.8 Å². The molecule has 8 heteroatoms. The second-order valence-corrected chi connectivity index (χ2v) is 9.92. The normalized spacial score (nSPS) is 21.1. The number of methoxy groups -OCH3 is 1. The molecule has 1 amide bonds. The first-order chi connectivity index (χ1) is 14.2. The molecule has 160 valence electrons. The Balaban J connectivity index is 1.86. The van der Waals surface area contributed by atoms with Crippen molar-refractivity contribution >= 4 is 27.3 Å². The highest BCUT2D eigenvalue weighted by Crippen LogP contribution is 2.48. The van der Waals surface area contributed by atoms with Gasteiger partial charge < -0.3 is 15.0 Å². The maximum atomic E-state index is 14.0. The van der Waals surface area contributed by atoms with Crippen LogP contribution < -0.4 is 14.4 Å². The molecule has 0 bridgehead atoms. The number of amides is 1. The minimum Gasteiger partial charge on any atom is -0.495 e. The molecule has 2 unspecified atom stereocenters. The lowest BCUT2D eigenvalue weighted by Gasteiger charge is -2.36. The van der Waals surface area contributed by atoms with Gasteiger partial charge in [-0.3, -0.25) is 9.10 Å². The largest absolute Gasteiger partial charge is 0.495 e. The van der Waals surface area contributed by atoms with Crippen molar-refractivity contribution in [2.75, 3.05) is 36.9 Å². The van der Waals surface area contributed by atoms with Crippen molar-refractivity contribution in [3.63, 3.8) is 0 Å². The van der Waals surface area contributed by atoms with E-state index in [0.29, 0.717) is 5.69 Å². The molecule has 0 spiro atoms. The maximum absolute atomic E-state index is 14.0. The number of hydrogen-bond donors (Lipinski definition) is 1. The summed E-state index contributed by atoms with van der Waals surface area (Å²) in [5.74, 6) is 0.118. The van der Waals surface area contributed by atoms with Crippen molar-refractivity contribution in [2.45, 2.75) is 37.1 Å². The van der Waals surface area contributed by atoms with E-state index < -0.39 is 10.0 Å². The summed E-state index contributed by atoms with van der Waals surface area (Å²) in [6, 6.07) is 10.5. The van der Waals surface area contributed by atoms with Crippen LogP contribution in [0.2, 0.25) is 0 Å². The van der Waals surface area contributed by atoms with Gasteiger partial charge in [-0.15, -0.1) is 0 Å². The van der Waals surface area contributed by atoms with E-state index >= 15 is 0 Å². The minimum absolute atomic E-state index is 0.0577. The summed E-state index contributed by atoms with van der Waals surface area (Å²) in [6.07, 6.45) is 0.752. The van der Waals surface area contributed by atoms with Gasteiger partial charge in [-0.2, -0.15) is 0 Å². The number of piperidine rings is 1. The van der Waals surface area contributed by atoms with E-state index in [1.54, 1.807) is 16.4 Å². The smallest absolute Gasteiger partial charge is 0.268 e. The van der Waals surface area contributed by atoms with Crippen LogP contribution >= 0.6 is 0 Å². The van der Waals surface area contributed by atoms with Crippen LogP contribution in [0.15, 0.2) is 41.3 Å². The van der Waals surface area contributed by atoms with E-state index in [0.717, 1.165) is 36.3 Å². The van der Waals surface area contributed by atoms with Crippen LogP contribution in [0.1, 0.15) is 30.4 Å². The van der Waals surface area contributed by atoms with E-state index in [1.165, 1.54) is 20.1 Å². The summed E-state index contributed by atoms with van der Waals surface area (Å²) in [5.41, 5.74) is 3.35. The van der Waals surface area contributed by atoms with Crippen LogP contribution in [0.5, 0.6) is 5.75 Å². The number of ether oxygens (including phenoxy) is 1. The number of aryl methyl sites for hydroxylation is 1. The number of nitrogens with zero attached hydrogens (tertiary/aromatic N) is 2. The average molecular weight is 430 g/mol. The molecule has 1 saturated heterocycles. The summed E-state index contributed by atoms with van der Waals surface area (Å²) in [7, 11) is -0.393. The molecule has 2 heterocycles. The average Bonchev–Trinajstić information content (AvgIpc) is 3.01. The van der Waals surface area contributed by atoms with Gasteiger partial charge in [-0.05, 0) is 56.8 Å². The van der Waals surface area contributed by atoms with Crippen LogP contribution in [-0.4, -0.2) is 52.5 Å². The first kappa shape index (κ1) is 20.7. The number of likely N-dealkylation sites (tertiary alicyclic amines) is 1. The van der Waals surface area contributed by atoms with E-state index in [2.05, 4.69) is 23.3 Å². The number of fused-ring (bicyclic) bond motifs is 3. The number of hydrogen-bond acceptors (Lipinski definition) is 5. The highest BCUT2D eigenvalue weighted by molar-refractivity contribution is 7.93. The lowest BCUT2D eigenvalue weighted by atomic mass is 9.89. The van der Waals surface area contributed by atoms with Gasteiger partial charge in [0.2, 0.25) is 5.91 Å². The summed E-state index contributed by atoms with van der Waals surface area (Å²) in [6.45, 7) is 5.07. The van der Waals surface area contributed by atoms with Gasteiger partial charge in [0.1, 0.15) is 10.6 Å². The molecule has 7 nitrogen and oxygen atoms in total. The lowest BCUT2D eigenvalue weighted by Crippen LogP contribution is -2.47. The van der Waals surface area contributed by atoms with Crippen LogP contribution in [0.3, 0.4) is 0 Å². The topological polar surface area (TPSA) is 78.9 Å². The number of benzene rings is 2. The van der Waals surface area contributed by atoms with Crippen molar-refractivity contribution in [1.82, 2.24) is 4.90 Å². The predicted molar refractivity (Wildman–Crippen MR) is 117 cm³/mol. The van der Waals surface area contributed by atoms with E-state index in [4.69, 9.17) is 4.74 Å². The molecule has 2 atom stereocenters. The van der Waals surface area contributed by atoms with Gasteiger partial charge in [0.25, 0.3) is 10.0 Å². The molecule has 2 aromatic carbocycles. The zero-order valence-corrected chi connectivity index (χ0v) is 18.5. The Kier molecular flexibility index (Phi) is 5.23. The summed E-state index contributed by atoms with van der Waals surface area (Å²) >= 11 is 0. The second-order valence-electron chi connectivity index (χ2n) is 8.13.